The molecule has 0 bridgehead atoms. The fourth-order valence-electron chi connectivity index (χ4n) is 1.93. The molecule has 0 fully saturated rings. The van der Waals surface area contributed by atoms with E-state index in [1.54, 1.807) is 0 Å². The molecule has 0 radical (unpaired) electrons. The van der Waals surface area contributed by atoms with E-state index in [9.17, 15) is 4.79 Å². The Hall–Kier alpha value is -1.60. The number of hydrogen-bond donors (Lipinski definition) is 2. The fraction of sp³-hybridized carbons (Fsp3) is 0.250. The van der Waals surface area contributed by atoms with Crippen LogP contribution in [0.2, 0.25) is 0 Å². The zero-order valence-corrected chi connectivity index (χ0v) is 11.9. The summed E-state index contributed by atoms with van der Waals surface area (Å²) in [5.41, 5.74) is 8.72. The van der Waals surface area contributed by atoms with Crippen molar-refractivity contribution in [3.63, 3.8) is 0 Å². The lowest BCUT2D eigenvalue weighted by molar-refractivity contribution is -0.116. The third-order valence-electron chi connectivity index (χ3n) is 2.84. The van der Waals surface area contributed by atoms with Gasteiger partial charge in [0.05, 0.1) is 0 Å². The summed E-state index contributed by atoms with van der Waals surface area (Å²) in [6.07, 6.45) is 1.27. The van der Waals surface area contributed by atoms with Crippen LogP contribution in [0.3, 0.4) is 0 Å². The van der Waals surface area contributed by atoms with Crippen LogP contribution in [0.5, 0.6) is 0 Å². The van der Waals surface area contributed by atoms with Crippen molar-refractivity contribution < 1.29 is 4.79 Å². The molecule has 7 heteroatoms. The smallest absolute Gasteiger partial charge is 0.224 e. The predicted octanol–water partition coefficient (Wildman–Crippen LogP) is 2.46. The van der Waals surface area contributed by atoms with Crippen molar-refractivity contribution in [2.75, 3.05) is 11.1 Å². The van der Waals surface area contributed by atoms with Crippen LogP contribution in [0.4, 0.5) is 11.4 Å². The van der Waals surface area contributed by atoms with Crippen LogP contribution in [-0.2, 0) is 11.2 Å². The van der Waals surface area contributed by atoms with Crippen molar-refractivity contribution in [3.8, 4) is 0 Å². The molecule has 0 unspecified atom stereocenters. The summed E-state index contributed by atoms with van der Waals surface area (Å²) < 4.78 is 4.99. The molecular formula is C12H12N4OS2. The predicted molar refractivity (Wildman–Crippen MR) is 76.6 cm³/mol. The number of carbonyl (C=O) groups is 1. The largest absolute Gasteiger partial charge is 0.398 e. The van der Waals surface area contributed by atoms with Crippen LogP contribution in [0.1, 0.15) is 17.8 Å². The lowest BCUT2D eigenvalue weighted by Gasteiger charge is -2.18. The van der Waals surface area contributed by atoms with Crippen molar-refractivity contribution in [3.05, 3.63) is 23.5 Å². The Kier molecular flexibility index (Phi) is 3.16. The van der Waals surface area contributed by atoms with Crippen LogP contribution in [0.15, 0.2) is 21.4 Å². The second kappa shape index (κ2) is 4.82. The number of carbonyl (C=O) groups excluding carboxylic acids is 1. The van der Waals surface area contributed by atoms with Gasteiger partial charge in [-0.1, -0.05) is 11.8 Å². The Morgan fingerprint density at radius 3 is 3.00 bits per heavy atom. The van der Waals surface area contributed by atoms with E-state index in [0.29, 0.717) is 12.1 Å². The first-order valence-corrected chi connectivity index (χ1v) is 7.41. The Labute approximate surface area is 118 Å². The molecule has 1 aliphatic heterocycles. The standard InChI is InChI=1S/C12H12N4OS2/c1-6-14-12(19-16-6)18-10-5-9-7(4-8(10)13)2-3-11(17)15-9/h4-5H,2-3,13H2,1H3,(H,15,17). The molecule has 0 saturated heterocycles. The number of aryl methyl sites for hydroxylation is 2. The summed E-state index contributed by atoms with van der Waals surface area (Å²) in [5, 5.41) is 2.88. The number of benzene rings is 1. The zero-order chi connectivity index (χ0) is 13.4. The second-order valence-electron chi connectivity index (χ2n) is 4.30. The number of nitrogens with zero attached hydrogens (tertiary/aromatic N) is 2. The molecular weight excluding hydrogens is 280 g/mol. The summed E-state index contributed by atoms with van der Waals surface area (Å²) in [6, 6.07) is 3.86. The van der Waals surface area contributed by atoms with Crippen molar-refractivity contribution in [1.82, 2.24) is 9.36 Å². The highest BCUT2D eigenvalue weighted by molar-refractivity contribution is 8.01. The maximum Gasteiger partial charge on any atom is 0.224 e. The summed E-state index contributed by atoms with van der Waals surface area (Å²) in [7, 11) is 0. The molecule has 5 nitrogen and oxygen atoms in total. The van der Waals surface area contributed by atoms with Crippen LogP contribution in [0.25, 0.3) is 0 Å². The Morgan fingerprint density at radius 1 is 1.42 bits per heavy atom. The number of anilines is 2. The fourth-order valence-corrected chi connectivity index (χ4v) is 3.60. The van der Waals surface area contributed by atoms with Gasteiger partial charge < -0.3 is 11.1 Å². The molecule has 0 aliphatic carbocycles. The van der Waals surface area contributed by atoms with E-state index >= 15 is 0 Å². The highest BCUT2D eigenvalue weighted by atomic mass is 32.2. The summed E-state index contributed by atoms with van der Waals surface area (Å²) in [4.78, 5) is 16.6. The van der Waals surface area contributed by atoms with Crippen molar-refractivity contribution >= 4 is 40.6 Å². The summed E-state index contributed by atoms with van der Waals surface area (Å²) in [5.74, 6) is 0.817. The first kappa shape index (κ1) is 12.4. The molecule has 2 aromatic rings. The van der Waals surface area contributed by atoms with E-state index in [4.69, 9.17) is 5.73 Å². The van der Waals surface area contributed by atoms with Crippen LogP contribution in [-0.4, -0.2) is 15.3 Å². The summed E-state index contributed by atoms with van der Waals surface area (Å²) in [6.45, 7) is 1.86. The van der Waals surface area contributed by atoms with Gasteiger partial charge in [0.2, 0.25) is 5.91 Å². The molecule has 1 aromatic carbocycles. The number of aromatic nitrogens is 2. The van der Waals surface area contributed by atoms with Crippen molar-refractivity contribution in [1.29, 1.82) is 0 Å². The number of nitrogen functional groups attached to an aromatic ring is 1. The highest BCUT2D eigenvalue weighted by Crippen LogP contribution is 2.37. The quantitative estimate of drug-likeness (QED) is 0.831. The van der Waals surface area contributed by atoms with Gasteiger partial charge in [-0.2, -0.15) is 4.37 Å². The number of nitrogens with one attached hydrogen (secondary N) is 1. The number of hydrogen-bond acceptors (Lipinski definition) is 6. The maximum absolute atomic E-state index is 11.4. The molecule has 19 heavy (non-hydrogen) atoms. The van der Waals surface area contributed by atoms with E-state index < -0.39 is 0 Å². The number of fused-ring (bicyclic) bond motifs is 1. The lowest BCUT2D eigenvalue weighted by Crippen LogP contribution is -2.19. The van der Waals surface area contributed by atoms with Gasteiger partial charge in [0.15, 0.2) is 4.34 Å². The monoisotopic (exact) mass is 292 g/mol. The molecule has 0 saturated carbocycles. The van der Waals surface area contributed by atoms with Crippen LogP contribution in [0, 0.1) is 6.92 Å². The molecule has 0 spiro atoms. The van der Waals surface area contributed by atoms with Crippen molar-refractivity contribution in [2.24, 2.45) is 0 Å². The number of amides is 1. The zero-order valence-electron chi connectivity index (χ0n) is 10.3. The summed E-state index contributed by atoms with van der Waals surface area (Å²) >= 11 is 2.83. The van der Waals surface area contributed by atoms with Crippen LogP contribution < -0.4 is 11.1 Å². The van der Waals surface area contributed by atoms with Gasteiger partial charge in [-0.3, -0.25) is 4.79 Å². The first-order valence-electron chi connectivity index (χ1n) is 5.82. The third-order valence-corrected chi connectivity index (χ3v) is 4.75. The van der Waals surface area contributed by atoms with Crippen LogP contribution >= 0.6 is 23.3 Å². The minimum absolute atomic E-state index is 0.0555. The highest BCUT2D eigenvalue weighted by Gasteiger charge is 2.17. The van der Waals surface area contributed by atoms with Gasteiger partial charge in [-0.15, -0.1) is 0 Å². The Morgan fingerprint density at radius 2 is 2.26 bits per heavy atom. The molecule has 3 rings (SSSR count). The first-order chi connectivity index (χ1) is 9.11. The van der Waals surface area contributed by atoms with Crippen molar-refractivity contribution in [2.45, 2.75) is 29.0 Å². The normalized spacial score (nSPS) is 14.1. The molecule has 1 aliphatic rings. The van der Waals surface area contributed by atoms with E-state index in [0.717, 1.165) is 32.7 Å². The molecule has 2 heterocycles. The van der Waals surface area contributed by atoms with Gasteiger partial charge in [0.1, 0.15) is 5.82 Å². The maximum atomic E-state index is 11.4. The third kappa shape index (κ3) is 2.57. The minimum Gasteiger partial charge on any atom is -0.398 e. The van der Waals surface area contributed by atoms with Gasteiger partial charge in [0.25, 0.3) is 0 Å². The van der Waals surface area contributed by atoms with Gasteiger partial charge in [-0.05, 0) is 42.6 Å². The molecule has 98 valence electrons. The second-order valence-corrected chi connectivity index (χ2v) is 6.35. The average molecular weight is 292 g/mol. The lowest BCUT2D eigenvalue weighted by atomic mass is 10.0. The average Bonchev–Trinajstić information content (AvgIpc) is 2.76. The SMILES string of the molecule is Cc1nsc(Sc2cc3c(cc2N)CCC(=O)N3)n1. The molecule has 0 atom stereocenters. The van der Waals surface area contributed by atoms with Gasteiger partial charge in [0, 0.05) is 22.7 Å². The Balaban J connectivity index is 1.93. The molecule has 1 aromatic heterocycles. The molecule has 1 amide bonds. The van der Waals surface area contributed by atoms with E-state index in [1.165, 1.54) is 23.3 Å². The van der Waals surface area contributed by atoms with E-state index in [1.807, 2.05) is 19.1 Å². The number of nitrogens with two attached hydrogens (primary N) is 1. The Bertz CT molecular complexity index is 653. The topological polar surface area (TPSA) is 80.9 Å². The van der Waals surface area contributed by atoms with E-state index in [-0.39, 0.29) is 5.91 Å². The number of rotatable bonds is 2. The van der Waals surface area contributed by atoms with Gasteiger partial charge >= 0.3 is 0 Å². The van der Waals surface area contributed by atoms with Gasteiger partial charge in [-0.25, -0.2) is 4.98 Å². The van der Waals surface area contributed by atoms with E-state index in [2.05, 4.69) is 14.7 Å². The minimum atomic E-state index is 0.0555. The molecule has 3 N–H and O–H groups in total.